The Labute approximate surface area is 160 Å². The van der Waals surface area contributed by atoms with E-state index in [-0.39, 0.29) is 31.0 Å². The summed E-state index contributed by atoms with van der Waals surface area (Å²) in [6.45, 7) is 1.99. The summed E-state index contributed by atoms with van der Waals surface area (Å²) in [6, 6.07) is 5.64. The van der Waals surface area contributed by atoms with Gasteiger partial charge in [0.05, 0.1) is 11.9 Å². The number of thioether (sulfide) groups is 1. The number of para-hydroxylation sites is 1. The smallest absolute Gasteiger partial charge is 0.232 e. The van der Waals surface area contributed by atoms with Crippen LogP contribution in [0.4, 0.5) is 15.2 Å². The predicted octanol–water partition coefficient (Wildman–Crippen LogP) is 2.97. The summed E-state index contributed by atoms with van der Waals surface area (Å²) in [4.78, 5) is 12.0. The van der Waals surface area contributed by atoms with E-state index in [9.17, 15) is 17.6 Å². The quantitative estimate of drug-likeness (QED) is 0.497. The van der Waals surface area contributed by atoms with Crippen molar-refractivity contribution in [3.05, 3.63) is 30.1 Å². The largest absolute Gasteiger partial charge is 0.301 e. The molecule has 0 unspecified atom stereocenters. The van der Waals surface area contributed by atoms with Crippen molar-refractivity contribution in [2.24, 2.45) is 0 Å². The minimum absolute atomic E-state index is 0.000240. The van der Waals surface area contributed by atoms with Gasteiger partial charge in [-0.1, -0.05) is 42.2 Å². The number of anilines is 2. The van der Waals surface area contributed by atoms with Crippen molar-refractivity contribution in [3.63, 3.8) is 0 Å². The Morgan fingerprint density at radius 3 is 2.73 bits per heavy atom. The van der Waals surface area contributed by atoms with E-state index in [1.807, 2.05) is 6.92 Å². The summed E-state index contributed by atoms with van der Waals surface area (Å²) in [5, 5.41) is 10.9. The Balaban J connectivity index is 1.93. The number of carbonyl (C=O) groups excluding carboxylic acids is 1. The first-order chi connectivity index (χ1) is 12.3. The molecule has 11 heteroatoms. The van der Waals surface area contributed by atoms with Gasteiger partial charge in [0, 0.05) is 13.0 Å². The fraction of sp³-hybridized carbons (Fsp3) is 0.400. The number of benzene rings is 1. The van der Waals surface area contributed by atoms with Gasteiger partial charge in [-0.2, -0.15) is 0 Å². The molecule has 26 heavy (non-hydrogen) atoms. The molecule has 142 valence electrons. The third-order valence-electron chi connectivity index (χ3n) is 3.21. The number of nitrogens with zero attached hydrogens (tertiary/aromatic N) is 3. The molecule has 0 aliphatic heterocycles. The van der Waals surface area contributed by atoms with Crippen molar-refractivity contribution in [2.45, 2.75) is 24.1 Å². The number of aromatic nitrogens is 2. The second kappa shape index (κ2) is 9.28. The lowest BCUT2D eigenvalue weighted by molar-refractivity contribution is -0.116. The molecule has 2 aromatic rings. The monoisotopic (exact) mass is 418 g/mol. The number of rotatable bonds is 9. The van der Waals surface area contributed by atoms with Gasteiger partial charge in [0.1, 0.15) is 5.82 Å². The Kier molecular flexibility index (Phi) is 7.35. The summed E-state index contributed by atoms with van der Waals surface area (Å²) < 4.78 is 39.6. The van der Waals surface area contributed by atoms with Crippen molar-refractivity contribution >= 4 is 49.8 Å². The molecule has 0 bridgehead atoms. The molecule has 7 nitrogen and oxygen atoms in total. The molecule has 1 amide bonds. The third-order valence-corrected chi connectivity index (χ3v) is 6.24. The maximum Gasteiger partial charge on any atom is 0.232 e. The molecule has 0 radical (unpaired) electrons. The highest BCUT2D eigenvalue weighted by Crippen LogP contribution is 2.25. The zero-order chi connectivity index (χ0) is 19.2. The van der Waals surface area contributed by atoms with Crippen molar-refractivity contribution in [1.29, 1.82) is 0 Å². The average molecular weight is 419 g/mol. The van der Waals surface area contributed by atoms with Crippen LogP contribution in [0.15, 0.2) is 28.6 Å². The number of hydrogen-bond acceptors (Lipinski definition) is 7. The van der Waals surface area contributed by atoms with Crippen LogP contribution >= 0.6 is 23.1 Å². The third kappa shape index (κ3) is 5.92. The van der Waals surface area contributed by atoms with E-state index >= 15 is 0 Å². The molecule has 1 aromatic heterocycles. The summed E-state index contributed by atoms with van der Waals surface area (Å²) in [6.07, 6.45) is 1.33. The lowest BCUT2D eigenvalue weighted by atomic mass is 10.2. The highest BCUT2D eigenvalue weighted by molar-refractivity contribution is 8.01. The Morgan fingerprint density at radius 1 is 1.35 bits per heavy atom. The molecule has 0 saturated carbocycles. The molecular formula is C15H19FN4O3S3. The average Bonchev–Trinajstić information content (AvgIpc) is 2.99. The first-order valence-corrected chi connectivity index (χ1v) is 11.4. The maximum absolute atomic E-state index is 13.9. The molecule has 0 saturated heterocycles. The second-order valence-corrected chi connectivity index (χ2v) is 9.64. The number of hydrogen-bond donors (Lipinski definition) is 1. The molecule has 1 aromatic carbocycles. The number of amides is 1. The first-order valence-electron chi connectivity index (χ1n) is 7.79. The van der Waals surface area contributed by atoms with E-state index in [1.165, 1.54) is 41.3 Å². The molecule has 0 spiro atoms. The van der Waals surface area contributed by atoms with Crippen molar-refractivity contribution < 1.29 is 17.6 Å². The van der Waals surface area contributed by atoms with Crippen LogP contribution in [0.2, 0.25) is 0 Å². The number of sulfonamides is 1. The first kappa shape index (κ1) is 20.6. The highest BCUT2D eigenvalue weighted by atomic mass is 32.2. The van der Waals surface area contributed by atoms with Crippen LogP contribution < -0.4 is 9.62 Å². The highest BCUT2D eigenvalue weighted by Gasteiger charge is 2.20. The SMILES string of the molecule is CCSc1nnc(NC(=O)CCCN(c2ccccc2F)S(C)(=O)=O)s1. The topological polar surface area (TPSA) is 92.3 Å². The molecule has 0 fully saturated rings. The Hall–Kier alpha value is -1.72. The molecule has 2 rings (SSSR count). The fourth-order valence-corrected chi connectivity index (χ4v) is 4.76. The van der Waals surface area contributed by atoms with Gasteiger partial charge in [0.2, 0.25) is 21.1 Å². The van der Waals surface area contributed by atoms with Gasteiger partial charge in [-0.05, 0) is 24.3 Å². The number of nitrogens with one attached hydrogen (secondary N) is 1. The summed E-state index contributed by atoms with van der Waals surface area (Å²) in [5.74, 6) is -0.0617. The van der Waals surface area contributed by atoms with Crippen LogP contribution in [0.3, 0.4) is 0 Å². The van der Waals surface area contributed by atoms with E-state index in [0.29, 0.717) is 5.13 Å². The standard InChI is InChI=1S/C15H19FN4O3S3/c1-3-24-15-19-18-14(25-15)17-13(21)9-6-10-20(26(2,22)23)12-8-5-4-7-11(12)16/h4-5,7-8H,3,6,9-10H2,1-2H3,(H,17,18,21). The molecule has 0 aliphatic carbocycles. The van der Waals surface area contributed by atoms with Gasteiger partial charge < -0.3 is 5.32 Å². The minimum atomic E-state index is -3.66. The van der Waals surface area contributed by atoms with Gasteiger partial charge in [-0.3, -0.25) is 9.10 Å². The van der Waals surface area contributed by atoms with E-state index in [2.05, 4.69) is 15.5 Å². The van der Waals surface area contributed by atoms with E-state index in [4.69, 9.17) is 0 Å². The predicted molar refractivity (Wildman–Crippen MR) is 103 cm³/mol. The van der Waals surface area contributed by atoms with E-state index in [1.54, 1.807) is 6.07 Å². The molecule has 0 aliphatic rings. The lowest BCUT2D eigenvalue weighted by Crippen LogP contribution is -2.32. The Bertz CT molecular complexity index is 857. The van der Waals surface area contributed by atoms with Crippen molar-refractivity contribution in [2.75, 3.05) is 28.2 Å². The van der Waals surface area contributed by atoms with Gasteiger partial charge in [-0.25, -0.2) is 12.8 Å². The maximum atomic E-state index is 13.9. The van der Waals surface area contributed by atoms with Crippen LogP contribution in [-0.2, 0) is 14.8 Å². The van der Waals surface area contributed by atoms with Gasteiger partial charge in [0.15, 0.2) is 4.34 Å². The van der Waals surface area contributed by atoms with Gasteiger partial charge in [0.25, 0.3) is 0 Å². The van der Waals surface area contributed by atoms with Gasteiger partial charge >= 0.3 is 0 Å². The number of halogens is 1. The van der Waals surface area contributed by atoms with Gasteiger partial charge in [-0.15, -0.1) is 10.2 Å². The number of carbonyl (C=O) groups is 1. The zero-order valence-corrected chi connectivity index (χ0v) is 16.8. The van der Waals surface area contributed by atoms with Crippen LogP contribution in [0.1, 0.15) is 19.8 Å². The van der Waals surface area contributed by atoms with Crippen molar-refractivity contribution in [1.82, 2.24) is 10.2 Å². The summed E-state index contributed by atoms with van der Waals surface area (Å²) >= 11 is 2.81. The Morgan fingerprint density at radius 2 is 2.08 bits per heavy atom. The lowest BCUT2D eigenvalue weighted by Gasteiger charge is -2.22. The van der Waals surface area contributed by atoms with E-state index in [0.717, 1.165) is 20.7 Å². The molecule has 1 heterocycles. The summed E-state index contributed by atoms with van der Waals surface area (Å²) in [7, 11) is -3.66. The normalized spacial score (nSPS) is 11.3. The van der Waals surface area contributed by atoms with Crippen LogP contribution in [0.5, 0.6) is 0 Å². The molecule has 0 atom stereocenters. The van der Waals surface area contributed by atoms with Crippen molar-refractivity contribution in [3.8, 4) is 0 Å². The molecule has 1 N–H and O–H groups in total. The second-order valence-electron chi connectivity index (χ2n) is 5.24. The zero-order valence-electron chi connectivity index (χ0n) is 14.3. The van der Waals surface area contributed by atoms with Crippen LogP contribution in [0, 0.1) is 5.82 Å². The fourth-order valence-electron chi connectivity index (χ4n) is 2.13. The van der Waals surface area contributed by atoms with E-state index < -0.39 is 15.8 Å². The molecular weight excluding hydrogens is 399 g/mol. The van der Waals surface area contributed by atoms with Crippen LogP contribution in [-0.4, -0.2) is 43.1 Å². The minimum Gasteiger partial charge on any atom is -0.301 e. The summed E-state index contributed by atoms with van der Waals surface area (Å²) in [5.41, 5.74) is -0.0271. The van der Waals surface area contributed by atoms with Crippen LogP contribution in [0.25, 0.3) is 0 Å².